The van der Waals surface area contributed by atoms with Crippen molar-refractivity contribution in [3.63, 3.8) is 0 Å². The van der Waals surface area contributed by atoms with Gasteiger partial charge in [0.25, 0.3) is 5.56 Å². The highest BCUT2D eigenvalue weighted by Gasteiger charge is 2.20. The molecule has 1 aromatic carbocycles. The zero-order valence-corrected chi connectivity index (χ0v) is 13.4. The Balaban J connectivity index is 2.33. The Labute approximate surface area is 130 Å². The average molecular weight is 296 g/mol. The Morgan fingerprint density at radius 1 is 1.32 bits per heavy atom. The molecule has 0 atom stereocenters. The normalized spacial score (nSPS) is 11.0. The van der Waals surface area contributed by atoms with Crippen LogP contribution in [-0.2, 0) is 12.1 Å². The first-order valence-corrected chi connectivity index (χ1v) is 7.11. The molecule has 2 rings (SSSR count). The third-order valence-electron chi connectivity index (χ3n) is 3.16. The van der Waals surface area contributed by atoms with Crippen LogP contribution in [0.15, 0.2) is 35.1 Å². The first kappa shape index (κ1) is 15.8. The molecule has 0 amide bonds. The predicted octanol–water partition coefficient (Wildman–Crippen LogP) is 2.87. The minimum Gasteiger partial charge on any atom is -0.486 e. The lowest BCUT2D eigenvalue weighted by molar-refractivity contribution is 0.262. The van der Waals surface area contributed by atoms with Gasteiger partial charge in [-0.3, -0.25) is 9.36 Å². The van der Waals surface area contributed by atoms with Gasteiger partial charge in [0.2, 0.25) is 0 Å². The molecule has 4 nitrogen and oxygen atoms in total. The molecule has 0 spiro atoms. The van der Waals surface area contributed by atoms with Crippen LogP contribution in [0, 0.1) is 19.3 Å². The SMILES string of the molecule is C#Cc1cccc(OCc2nc(C)cc(=O)n2C(C)(C)C)c1. The van der Waals surface area contributed by atoms with Crippen LogP contribution in [0.5, 0.6) is 5.75 Å². The molecule has 0 aliphatic carbocycles. The van der Waals surface area contributed by atoms with Gasteiger partial charge in [-0.25, -0.2) is 4.98 Å². The molecule has 0 N–H and O–H groups in total. The number of aryl methyl sites for hydroxylation is 1. The number of rotatable bonds is 3. The van der Waals surface area contributed by atoms with E-state index >= 15 is 0 Å². The molecule has 0 bridgehead atoms. The maximum atomic E-state index is 12.3. The van der Waals surface area contributed by atoms with Crippen LogP contribution in [0.4, 0.5) is 0 Å². The minimum atomic E-state index is -0.364. The van der Waals surface area contributed by atoms with Crippen molar-refractivity contribution < 1.29 is 4.74 Å². The number of ether oxygens (including phenoxy) is 1. The van der Waals surface area contributed by atoms with Crippen molar-refractivity contribution in [3.8, 4) is 18.1 Å². The smallest absolute Gasteiger partial charge is 0.254 e. The van der Waals surface area contributed by atoms with Gasteiger partial charge >= 0.3 is 0 Å². The standard InChI is InChI=1S/C18H20N2O2/c1-6-14-8-7-9-15(11-14)22-12-16-19-13(2)10-17(21)20(16)18(3,4)5/h1,7-11H,12H2,2-5H3. The predicted molar refractivity (Wildman–Crippen MR) is 86.9 cm³/mol. The van der Waals surface area contributed by atoms with Crippen molar-refractivity contribution in [1.82, 2.24) is 9.55 Å². The van der Waals surface area contributed by atoms with Gasteiger partial charge in [0, 0.05) is 22.9 Å². The van der Waals surface area contributed by atoms with Gasteiger partial charge in [0.1, 0.15) is 18.2 Å². The zero-order valence-electron chi connectivity index (χ0n) is 13.4. The zero-order chi connectivity index (χ0) is 16.3. The van der Waals surface area contributed by atoms with E-state index < -0.39 is 0 Å². The third kappa shape index (κ3) is 3.56. The van der Waals surface area contributed by atoms with E-state index in [1.165, 1.54) is 6.07 Å². The molecule has 0 radical (unpaired) electrons. The van der Waals surface area contributed by atoms with E-state index in [1.54, 1.807) is 17.6 Å². The van der Waals surface area contributed by atoms with Gasteiger partial charge in [-0.05, 0) is 45.9 Å². The summed E-state index contributed by atoms with van der Waals surface area (Å²) in [6, 6.07) is 8.83. The Hall–Kier alpha value is -2.54. The first-order valence-electron chi connectivity index (χ1n) is 7.11. The summed E-state index contributed by atoms with van der Waals surface area (Å²) < 4.78 is 7.42. The van der Waals surface area contributed by atoms with Crippen LogP contribution < -0.4 is 10.3 Å². The second-order valence-corrected chi connectivity index (χ2v) is 6.12. The number of benzene rings is 1. The Bertz CT molecular complexity index is 777. The Kier molecular flexibility index (Phi) is 4.37. The van der Waals surface area contributed by atoms with E-state index in [-0.39, 0.29) is 17.7 Å². The van der Waals surface area contributed by atoms with E-state index in [4.69, 9.17) is 11.2 Å². The van der Waals surface area contributed by atoms with Crippen LogP contribution in [0.2, 0.25) is 0 Å². The number of hydrogen-bond donors (Lipinski definition) is 0. The monoisotopic (exact) mass is 296 g/mol. The highest BCUT2D eigenvalue weighted by atomic mass is 16.5. The molecule has 0 saturated heterocycles. The number of nitrogens with zero attached hydrogens (tertiary/aromatic N) is 2. The second kappa shape index (κ2) is 6.07. The van der Waals surface area contributed by atoms with Crippen LogP contribution >= 0.6 is 0 Å². The van der Waals surface area contributed by atoms with E-state index in [0.717, 1.165) is 5.56 Å². The van der Waals surface area contributed by atoms with Crippen LogP contribution in [0.25, 0.3) is 0 Å². The van der Waals surface area contributed by atoms with Crippen molar-refractivity contribution in [1.29, 1.82) is 0 Å². The van der Waals surface area contributed by atoms with Crippen LogP contribution in [0.1, 0.15) is 37.9 Å². The Morgan fingerprint density at radius 3 is 2.68 bits per heavy atom. The molecule has 1 aromatic heterocycles. The number of terminal acetylenes is 1. The molecule has 2 aromatic rings. The van der Waals surface area contributed by atoms with E-state index in [1.807, 2.05) is 39.0 Å². The molecular weight excluding hydrogens is 276 g/mol. The average Bonchev–Trinajstić information content (AvgIpc) is 2.43. The van der Waals surface area contributed by atoms with Crippen molar-refractivity contribution >= 4 is 0 Å². The molecule has 0 aliphatic rings. The molecule has 4 heteroatoms. The lowest BCUT2D eigenvalue weighted by Crippen LogP contribution is -2.37. The molecular formula is C18H20N2O2. The summed E-state index contributed by atoms with van der Waals surface area (Å²) in [6.45, 7) is 7.91. The summed E-state index contributed by atoms with van der Waals surface area (Å²) in [6.07, 6.45) is 5.38. The van der Waals surface area contributed by atoms with Crippen molar-refractivity contribution in [3.05, 3.63) is 57.8 Å². The van der Waals surface area contributed by atoms with E-state index in [0.29, 0.717) is 17.3 Å². The van der Waals surface area contributed by atoms with Gasteiger partial charge in [-0.2, -0.15) is 0 Å². The quantitative estimate of drug-likeness (QED) is 0.818. The van der Waals surface area contributed by atoms with Crippen LogP contribution in [-0.4, -0.2) is 9.55 Å². The minimum absolute atomic E-state index is 0.0732. The topological polar surface area (TPSA) is 44.1 Å². The maximum Gasteiger partial charge on any atom is 0.254 e. The highest BCUT2D eigenvalue weighted by Crippen LogP contribution is 2.17. The lowest BCUT2D eigenvalue weighted by Gasteiger charge is -2.25. The Morgan fingerprint density at radius 2 is 2.05 bits per heavy atom. The summed E-state index contributed by atoms with van der Waals surface area (Å²) in [7, 11) is 0. The van der Waals surface area contributed by atoms with E-state index in [2.05, 4.69) is 10.9 Å². The fourth-order valence-electron chi connectivity index (χ4n) is 2.29. The van der Waals surface area contributed by atoms with Crippen LogP contribution in [0.3, 0.4) is 0 Å². The molecule has 0 aliphatic heterocycles. The molecule has 114 valence electrons. The summed E-state index contributed by atoms with van der Waals surface area (Å²) >= 11 is 0. The van der Waals surface area contributed by atoms with Gasteiger partial charge in [-0.1, -0.05) is 12.0 Å². The van der Waals surface area contributed by atoms with Gasteiger partial charge in [-0.15, -0.1) is 6.42 Å². The van der Waals surface area contributed by atoms with Gasteiger partial charge in [0.15, 0.2) is 0 Å². The second-order valence-electron chi connectivity index (χ2n) is 6.12. The molecule has 0 unspecified atom stereocenters. The number of aromatic nitrogens is 2. The van der Waals surface area contributed by atoms with Gasteiger partial charge < -0.3 is 4.74 Å². The maximum absolute atomic E-state index is 12.3. The molecule has 1 heterocycles. The fourth-order valence-corrected chi connectivity index (χ4v) is 2.29. The third-order valence-corrected chi connectivity index (χ3v) is 3.16. The molecule has 0 fully saturated rings. The number of hydrogen-bond acceptors (Lipinski definition) is 3. The largest absolute Gasteiger partial charge is 0.486 e. The first-order chi connectivity index (χ1) is 10.3. The summed E-state index contributed by atoms with van der Waals surface area (Å²) in [5.74, 6) is 3.83. The summed E-state index contributed by atoms with van der Waals surface area (Å²) in [5.41, 5.74) is 0.997. The van der Waals surface area contributed by atoms with Crippen molar-refractivity contribution in [2.75, 3.05) is 0 Å². The summed E-state index contributed by atoms with van der Waals surface area (Å²) in [4.78, 5) is 16.7. The van der Waals surface area contributed by atoms with Crippen molar-refractivity contribution in [2.24, 2.45) is 0 Å². The molecule has 0 saturated carbocycles. The lowest BCUT2D eigenvalue weighted by atomic mass is 10.1. The highest BCUT2D eigenvalue weighted by molar-refractivity contribution is 5.38. The fraction of sp³-hybridized carbons (Fsp3) is 0.333. The summed E-state index contributed by atoms with van der Waals surface area (Å²) in [5, 5.41) is 0. The van der Waals surface area contributed by atoms with Gasteiger partial charge in [0.05, 0.1) is 0 Å². The molecule has 22 heavy (non-hydrogen) atoms. The van der Waals surface area contributed by atoms with E-state index in [9.17, 15) is 4.79 Å². The van der Waals surface area contributed by atoms with Crippen molar-refractivity contribution in [2.45, 2.75) is 39.8 Å².